The van der Waals surface area contributed by atoms with Crippen LogP contribution in [0.1, 0.15) is 25.7 Å². The minimum absolute atomic E-state index is 0.0590. The molecule has 3 aliphatic heterocycles. The molecule has 3 aliphatic rings. The Hall–Kier alpha value is -6.25. The molecule has 3 fully saturated rings. The SMILES string of the molecule is O=[N+]([O-])c1cnc(-n2cccc2)s1.O=[N+]([O-])c1cnc(N2CCC(O)CC2)s1.O=[N+]([O-])c1cnc(N2CCCC2)s1.O=[N+]([O-])c1cnc(N2CCOCC2)s1.O=[N+]([O-])c1cncs1. The zero-order valence-electron chi connectivity index (χ0n) is 32.6. The largest absolute Gasteiger partial charge is 0.393 e. The second-order valence-corrected chi connectivity index (χ2v) is 17.5. The third-order valence-corrected chi connectivity index (χ3v) is 13.2. The van der Waals surface area contributed by atoms with Gasteiger partial charge >= 0.3 is 25.0 Å². The zero-order chi connectivity index (χ0) is 45.3. The number of hydrogen-bond donors (Lipinski definition) is 1. The second-order valence-electron chi connectivity index (χ2n) is 12.7. The van der Waals surface area contributed by atoms with Gasteiger partial charge in [-0.25, -0.2) is 24.9 Å². The van der Waals surface area contributed by atoms with Crippen molar-refractivity contribution in [1.29, 1.82) is 0 Å². The van der Waals surface area contributed by atoms with Gasteiger partial charge in [-0.1, -0.05) is 0 Å². The molecule has 3 saturated heterocycles. The fourth-order valence-electron chi connectivity index (χ4n) is 5.40. The summed E-state index contributed by atoms with van der Waals surface area (Å²) in [7, 11) is 0. The molecule has 0 bridgehead atoms. The van der Waals surface area contributed by atoms with Crippen molar-refractivity contribution in [3.8, 4) is 5.13 Å². The van der Waals surface area contributed by atoms with Crippen LogP contribution in [0.15, 0.2) is 61.0 Å². The van der Waals surface area contributed by atoms with E-state index in [1.165, 1.54) is 36.5 Å². The van der Waals surface area contributed by atoms with Gasteiger partial charge in [-0.2, -0.15) is 0 Å². The van der Waals surface area contributed by atoms with Crippen molar-refractivity contribution in [3.05, 3.63) is 112 Å². The molecule has 0 amide bonds. The number of anilines is 3. The lowest BCUT2D eigenvalue weighted by atomic mass is 10.1. The number of nitro groups is 5. The van der Waals surface area contributed by atoms with E-state index in [0.29, 0.717) is 54.5 Å². The van der Waals surface area contributed by atoms with Crippen molar-refractivity contribution >= 4 is 97.1 Å². The monoisotopic (exact) mass is 968 g/mol. The molecule has 0 spiro atoms. The van der Waals surface area contributed by atoms with E-state index < -0.39 is 24.6 Å². The zero-order valence-corrected chi connectivity index (χ0v) is 36.7. The van der Waals surface area contributed by atoms with E-state index in [1.807, 2.05) is 21.9 Å². The molecule has 0 aliphatic carbocycles. The Bertz CT molecular complexity index is 2370. The first-order chi connectivity index (χ1) is 30.3. The molecule has 0 radical (unpaired) electrons. The lowest BCUT2D eigenvalue weighted by Gasteiger charge is -2.28. The molecule has 0 saturated carbocycles. The van der Waals surface area contributed by atoms with E-state index >= 15 is 0 Å². The number of ether oxygens (including phenoxy) is 1. The van der Waals surface area contributed by atoms with E-state index in [2.05, 4.69) is 29.8 Å². The molecule has 31 heteroatoms. The fraction of sp³-hybridized carbons (Fsp3) is 0.406. The van der Waals surface area contributed by atoms with Gasteiger partial charge < -0.3 is 24.5 Å². The molecule has 0 unspecified atom stereocenters. The minimum atomic E-state index is -0.461. The molecule has 9 rings (SSSR count). The van der Waals surface area contributed by atoms with E-state index in [9.17, 15) is 55.7 Å². The van der Waals surface area contributed by atoms with Gasteiger partial charge in [-0.05, 0) is 94.5 Å². The standard InChI is InChI=1S/C8H11N3O3S.C7H9N3O3S.C7H9N3O2S.C7H5N3O2S.C3H2N2O2S/c12-6-1-3-10(4-2-6)8-9-5-7(15-8)11(13)14;11-10(12)6-5-8-7(14-6)9-1-3-13-4-2-9;2*11-10(12)6-5-8-7(13-6)9-3-1-2-4-9;6-5(7)3-1-4-2-8-3/h5-6,12H,1-4H2;5H,1-4H2;5H,1-4H2;1-5H;1-2H. The summed E-state index contributed by atoms with van der Waals surface area (Å²) in [6.45, 7) is 6.21. The Morgan fingerprint density at radius 1 is 0.540 bits per heavy atom. The molecule has 0 aromatic carbocycles. The number of aromatic nitrogens is 6. The number of aliphatic hydroxyl groups excluding tert-OH is 1. The van der Waals surface area contributed by atoms with Crippen molar-refractivity contribution in [2.45, 2.75) is 31.8 Å². The van der Waals surface area contributed by atoms with Crippen LogP contribution < -0.4 is 14.7 Å². The second kappa shape index (κ2) is 23.8. The maximum absolute atomic E-state index is 10.5. The predicted molar refractivity (Wildman–Crippen MR) is 235 cm³/mol. The Morgan fingerprint density at radius 3 is 1.29 bits per heavy atom. The van der Waals surface area contributed by atoms with Gasteiger partial charge in [0.2, 0.25) is 0 Å². The molecular formula is C32H36N14O12S5. The molecule has 336 valence electrons. The third-order valence-electron chi connectivity index (χ3n) is 8.46. The van der Waals surface area contributed by atoms with Crippen LogP contribution in [0, 0.1) is 50.6 Å². The molecule has 6 aromatic rings. The maximum Gasteiger partial charge on any atom is 0.345 e. The van der Waals surface area contributed by atoms with Crippen molar-refractivity contribution in [1.82, 2.24) is 29.5 Å². The number of thiazole rings is 5. The average molecular weight is 969 g/mol. The number of nitrogens with zero attached hydrogens (tertiary/aromatic N) is 14. The topological polar surface area (TPSA) is 324 Å². The summed E-state index contributed by atoms with van der Waals surface area (Å²) in [5, 5.41) is 64.0. The molecular weight excluding hydrogens is 933 g/mol. The number of morpholine rings is 1. The summed E-state index contributed by atoms with van der Waals surface area (Å²) in [4.78, 5) is 74.9. The van der Waals surface area contributed by atoms with Crippen LogP contribution >= 0.6 is 56.7 Å². The first-order valence-electron chi connectivity index (χ1n) is 18.4. The lowest BCUT2D eigenvalue weighted by molar-refractivity contribution is -0.380. The Labute approximate surface area is 375 Å². The van der Waals surface area contributed by atoms with Gasteiger partial charge in [-0.3, -0.25) is 55.1 Å². The van der Waals surface area contributed by atoms with Crippen molar-refractivity contribution in [2.24, 2.45) is 0 Å². The minimum Gasteiger partial charge on any atom is -0.393 e. The van der Waals surface area contributed by atoms with Crippen LogP contribution in [-0.2, 0) is 4.74 Å². The summed E-state index contributed by atoms with van der Waals surface area (Å²) in [6, 6.07) is 3.68. The van der Waals surface area contributed by atoms with Crippen LogP contribution in [-0.4, -0.2) is 118 Å². The van der Waals surface area contributed by atoms with Gasteiger partial charge in [-0.15, -0.1) is 0 Å². The summed E-state index contributed by atoms with van der Waals surface area (Å²) < 4.78 is 6.91. The number of piperidine rings is 1. The van der Waals surface area contributed by atoms with Gasteiger partial charge in [0, 0.05) is 51.7 Å². The highest BCUT2D eigenvalue weighted by atomic mass is 32.1. The predicted octanol–water partition coefficient (Wildman–Crippen LogP) is 6.45. The van der Waals surface area contributed by atoms with Gasteiger partial charge in [0.05, 0.1) is 49.4 Å². The summed E-state index contributed by atoms with van der Waals surface area (Å²) in [6.07, 6.45) is 13.5. The quantitative estimate of drug-likeness (QED) is 0.120. The molecule has 63 heavy (non-hydrogen) atoms. The van der Waals surface area contributed by atoms with E-state index in [0.717, 1.165) is 101 Å². The smallest absolute Gasteiger partial charge is 0.345 e. The molecule has 9 heterocycles. The van der Waals surface area contributed by atoms with Crippen molar-refractivity contribution in [3.63, 3.8) is 0 Å². The van der Waals surface area contributed by atoms with Crippen molar-refractivity contribution in [2.75, 3.05) is 67.2 Å². The van der Waals surface area contributed by atoms with E-state index in [-0.39, 0.29) is 31.1 Å². The summed E-state index contributed by atoms with van der Waals surface area (Å²) in [5.41, 5.74) is 1.43. The highest BCUT2D eigenvalue weighted by molar-refractivity contribution is 7.19. The number of hydrogen-bond acceptors (Lipinski definition) is 25. The Kier molecular flexibility index (Phi) is 18.1. The van der Waals surface area contributed by atoms with Crippen LogP contribution in [0.2, 0.25) is 0 Å². The molecule has 1 N–H and O–H groups in total. The Morgan fingerprint density at radius 2 is 0.921 bits per heavy atom. The van der Waals surface area contributed by atoms with Crippen molar-refractivity contribution < 1.29 is 34.5 Å². The first kappa shape index (κ1) is 47.8. The van der Waals surface area contributed by atoms with Crippen LogP contribution in [0.25, 0.3) is 5.13 Å². The van der Waals surface area contributed by atoms with Crippen LogP contribution in [0.5, 0.6) is 0 Å². The molecule has 0 atom stereocenters. The van der Waals surface area contributed by atoms with Crippen LogP contribution in [0.3, 0.4) is 0 Å². The summed E-state index contributed by atoms with van der Waals surface area (Å²) >= 11 is 5.42. The first-order valence-corrected chi connectivity index (χ1v) is 22.5. The summed E-state index contributed by atoms with van der Waals surface area (Å²) in [5.74, 6) is 0. The molecule has 6 aromatic heterocycles. The maximum atomic E-state index is 10.5. The normalized spacial score (nSPS) is 14.7. The fourth-order valence-corrected chi connectivity index (χ4v) is 8.89. The van der Waals surface area contributed by atoms with Gasteiger partial charge in [0.1, 0.15) is 31.0 Å². The average Bonchev–Trinajstić information content (AvgIpc) is 4.13. The lowest BCUT2D eigenvalue weighted by Crippen LogP contribution is -2.36. The number of rotatable bonds is 9. The third kappa shape index (κ3) is 14.7. The highest BCUT2D eigenvalue weighted by Crippen LogP contribution is 2.32. The van der Waals surface area contributed by atoms with Gasteiger partial charge in [0.15, 0.2) is 20.5 Å². The van der Waals surface area contributed by atoms with Crippen LogP contribution in [0.4, 0.5) is 40.4 Å². The Balaban J connectivity index is 0.000000150. The highest BCUT2D eigenvalue weighted by Gasteiger charge is 2.23. The van der Waals surface area contributed by atoms with Gasteiger partial charge in [0.25, 0.3) is 0 Å². The van der Waals surface area contributed by atoms with E-state index in [4.69, 9.17) is 4.74 Å². The molecule has 26 nitrogen and oxygen atoms in total. The van der Waals surface area contributed by atoms with E-state index in [1.54, 1.807) is 17.0 Å². The number of aliphatic hydroxyl groups is 1.